The van der Waals surface area contributed by atoms with Crippen molar-refractivity contribution in [2.75, 3.05) is 7.11 Å². The third-order valence-electron chi connectivity index (χ3n) is 11.2. The van der Waals surface area contributed by atoms with E-state index in [9.17, 15) is 19.2 Å². The topological polar surface area (TPSA) is 86.7 Å². The van der Waals surface area contributed by atoms with Crippen LogP contribution in [0.1, 0.15) is 86.0 Å². The zero-order chi connectivity index (χ0) is 26.6. The molecule has 0 aromatic carbocycles. The van der Waals surface area contributed by atoms with Crippen molar-refractivity contribution in [2.24, 2.45) is 52.3 Å². The van der Waals surface area contributed by atoms with E-state index in [-0.39, 0.29) is 76.4 Å². The predicted octanol–water partition coefficient (Wildman–Crippen LogP) is 4.73. The first-order chi connectivity index (χ1) is 16.9. The number of Topliss-reactive ketones (excluding diaryl/α,β-unsaturated/α-hetero) is 2. The quantitative estimate of drug-likeness (QED) is 0.389. The summed E-state index contributed by atoms with van der Waals surface area (Å²) < 4.78 is 10.4. The molecule has 4 rings (SSSR count). The van der Waals surface area contributed by atoms with Gasteiger partial charge in [0.2, 0.25) is 0 Å². The summed E-state index contributed by atoms with van der Waals surface area (Å²) in [5.41, 5.74) is -0.777. The van der Waals surface area contributed by atoms with E-state index < -0.39 is 11.2 Å². The van der Waals surface area contributed by atoms with Gasteiger partial charge in [0.1, 0.15) is 17.7 Å². The molecule has 7 heteroatoms. The number of methoxy groups -OCH3 is 1. The smallest absolute Gasteiger partial charge is 0.305 e. The summed E-state index contributed by atoms with van der Waals surface area (Å²) in [5, 5.41) is 0. The van der Waals surface area contributed by atoms with Crippen molar-refractivity contribution in [3.63, 3.8) is 0 Å². The molecule has 4 aliphatic carbocycles. The van der Waals surface area contributed by atoms with Crippen LogP contribution in [-0.4, -0.2) is 44.6 Å². The van der Waals surface area contributed by atoms with Crippen LogP contribution in [-0.2, 0) is 28.7 Å². The molecule has 0 heterocycles. The molecular weight excluding hydrogens is 455 g/mol. The molecule has 0 spiro atoms. The number of hydrogen-bond donors (Lipinski definition) is 0. The van der Waals surface area contributed by atoms with Crippen molar-refractivity contribution in [1.82, 2.24) is 0 Å². The maximum absolute atomic E-state index is 14.2. The maximum atomic E-state index is 14.2. The Labute approximate surface area is 217 Å². The molecular formula is C29H43BO6. The van der Waals surface area contributed by atoms with Crippen LogP contribution in [0.25, 0.3) is 0 Å². The van der Waals surface area contributed by atoms with Gasteiger partial charge in [-0.05, 0) is 85.3 Å². The van der Waals surface area contributed by atoms with Gasteiger partial charge < -0.3 is 9.47 Å². The molecule has 36 heavy (non-hydrogen) atoms. The minimum atomic E-state index is -0.619. The molecule has 0 N–H and O–H groups in total. The van der Waals surface area contributed by atoms with Gasteiger partial charge in [-0.15, -0.1) is 0 Å². The third-order valence-corrected chi connectivity index (χ3v) is 11.2. The Morgan fingerprint density at radius 3 is 2.42 bits per heavy atom. The molecule has 6 nitrogen and oxygen atoms in total. The lowest BCUT2D eigenvalue weighted by Crippen LogP contribution is -2.65. The van der Waals surface area contributed by atoms with Gasteiger partial charge in [0.15, 0.2) is 0 Å². The number of carbonyl (C=O) groups excluding carboxylic acids is 4. The second-order valence-corrected chi connectivity index (χ2v) is 12.7. The number of fused-ring (bicyclic) bond motifs is 5. The van der Waals surface area contributed by atoms with E-state index in [1.54, 1.807) is 0 Å². The van der Waals surface area contributed by atoms with Crippen LogP contribution in [0.15, 0.2) is 0 Å². The van der Waals surface area contributed by atoms with Crippen LogP contribution in [0.4, 0.5) is 0 Å². The lowest BCUT2D eigenvalue weighted by molar-refractivity contribution is -0.183. The fourth-order valence-corrected chi connectivity index (χ4v) is 9.45. The summed E-state index contributed by atoms with van der Waals surface area (Å²) in [6, 6.07) is 0. The minimum absolute atomic E-state index is 0.0195. The number of esters is 2. The van der Waals surface area contributed by atoms with Gasteiger partial charge in [-0.3, -0.25) is 19.2 Å². The van der Waals surface area contributed by atoms with Gasteiger partial charge in [0.05, 0.1) is 15.0 Å². The zero-order valence-corrected chi connectivity index (χ0v) is 22.9. The number of hydrogen-bond acceptors (Lipinski definition) is 6. The number of carbonyl (C=O) groups is 4. The summed E-state index contributed by atoms with van der Waals surface area (Å²) in [4.78, 5) is 51.9. The maximum Gasteiger partial charge on any atom is 0.305 e. The highest BCUT2D eigenvalue weighted by molar-refractivity contribution is 6.26. The molecule has 4 saturated carbocycles. The molecule has 0 aromatic rings. The fourth-order valence-electron chi connectivity index (χ4n) is 9.45. The Morgan fingerprint density at radius 2 is 1.81 bits per heavy atom. The Kier molecular flexibility index (Phi) is 7.53. The molecule has 0 saturated heterocycles. The van der Waals surface area contributed by atoms with Gasteiger partial charge in [-0.25, -0.2) is 0 Å². The average Bonchev–Trinajstić information content (AvgIpc) is 3.19. The molecule has 3 unspecified atom stereocenters. The minimum Gasteiger partial charge on any atom is -0.469 e. The normalized spacial score (nSPS) is 44.7. The Bertz CT molecular complexity index is 917. The molecule has 4 aliphatic rings. The molecule has 0 bridgehead atoms. The first kappa shape index (κ1) is 27.4. The van der Waals surface area contributed by atoms with Crippen molar-refractivity contribution in [3.05, 3.63) is 0 Å². The predicted molar refractivity (Wildman–Crippen MR) is 136 cm³/mol. The first-order valence-electron chi connectivity index (χ1n) is 14.0. The monoisotopic (exact) mass is 498 g/mol. The highest BCUT2D eigenvalue weighted by Crippen LogP contribution is 2.70. The van der Waals surface area contributed by atoms with Crippen molar-refractivity contribution in [3.8, 4) is 0 Å². The Balaban J connectivity index is 1.67. The van der Waals surface area contributed by atoms with E-state index in [2.05, 4.69) is 27.7 Å². The van der Waals surface area contributed by atoms with Gasteiger partial charge in [-0.2, -0.15) is 0 Å². The second-order valence-electron chi connectivity index (χ2n) is 12.7. The largest absolute Gasteiger partial charge is 0.469 e. The van der Waals surface area contributed by atoms with E-state index in [1.165, 1.54) is 14.0 Å². The van der Waals surface area contributed by atoms with Crippen LogP contribution in [0.3, 0.4) is 0 Å². The van der Waals surface area contributed by atoms with Crippen molar-refractivity contribution in [2.45, 2.75) is 97.9 Å². The number of ether oxygens (including phenoxy) is 2. The molecule has 0 aliphatic heterocycles. The number of rotatable bonds is 6. The lowest BCUT2D eigenvalue weighted by atomic mass is 9.37. The summed E-state index contributed by atoms with van der Waals surface area (Å²) in [6.45, 7) is 9.99. The zero-order valence-electron chi connectivity index (χ0n) is 22.9. The molecule has 198 valence electrons. The average molecular weight is 498 g/mol. The Morgan fingerprint density at radius 1 is 1.11 bits per heavy atom. The fraction of sp³-hybridized carbons (Fsp3) is 0.862. The summed E-state index contributed by atoms with van der Waals surface area (Å²) in [7, 11) is 8.28. The van der Waals surface area contributed by atoms with Crippen molar-refractivity contribution >= 4 is 31.4 Å². The highest BCUT2D eigenvalue weighted by Gasteiger charge is 2.69. The SMILES string of the molecule is [B][C@H]1C(=O)C2C(C(=O)[C@H](CC)[C@@H]3C[C@H](OC(C)=O)CC[C@]23C)C2CC[C@H]([C@H](C)CCC(=O)OC)[C@]21C. The third kappa shape index (κ3) is 4.07. The second kappa shape index (κ2) is 9.91. The van der Waals surface area contributed by atoms with Crippen LogP contribution >= 0.6 is 0 Å². The van der Waals surface area contributed by atoms with Crippen LogP contribution in [0.2, 0.25) is 5.82 Å². The van der Waals surface area contributed by atoms with Crippen LogP contribution in [0, 0.1) is 52.3 Å². The van der Waals surface area contributed by atoms with E-state index in [0.717, 1.165) is 32.1 Å². The summed E-state index contributed by atoms with van der Waals surface area (Å²) >= 11 is 0. The summed E-state index contributed by atoms with van der Waals surface area (Å²) in [6.07, 6.45) is 5.53. The van der Waals surface area contributed by atoms with Crippen molar-refractivity contribution < 1.29 is 28.7 Å². The van der Waals surface area contributed by atoms with E-state index in [1.807, 2.05) is 0 Å². The van der Waals surface area contributed by atoms with E-state index >= 15 is 0 Å². The lowest BCUT2D eigenvalue weighted by Gasteiger charge is -2.63. The van der Waals surface area contributed by atoms with E-state index in [0.29, 0.717) is 19.3 Å². The molecule has 4 fully saturated rings. The standard InChI is InChI=1S/C29H43BO6/c1-7-18-21-14-17(36-16(3)31)12-13-28(21,4)24-23(25(18)33)20-10-9-19(15(2)8-11-22(32)35-6)29(20,5)27(30)26(24)34/h15,17-21,23-24,27H,7-14H2,1-6H3/t15-,17-,18-,19-,20?,21+,23?,24?,27+,28+,29-/m1/s1. The molecule has 2 radical (unpaired) electrons. The van der Waals surface area contributed by atoms with Crippen LogP contribution < -0.4 is 0 Å². The molecule has 0 amide bonds. The highest BCUT2D eigenvalue weighted by atomic mass is 16.5. The van der Waals surface area contributed by atoms with Crippen molar-refractivity contribution in [1.29, 1.82) is 0 Å². The van der Waals surface area contributed by atoms with Crippen LogP contribution in [0.5, 0.6) is 0 Å². The van der Waals surface area contributed by atoms with Gasteiger partial charge in [-0.1, -0.05) is 27.7 Å². The molecule has 0 aromatic heterocycles. The number of ketones is 2. The summed E-state index contributed by atoms with van der Waals surface area (Å²) in [5.74, 6) is -1.16. The first-order valence-corrected chi connectivity index (χ1v) is 14.0. The molecule has 11 atom stereocenters. The van der Waals surface area contributed by atoms with Gasteiger partial charge in [0.25, 0.3) is 0 Å². The Hall–Kier alpha value is -1.66. The van der Waals surface area contributed by atoms with E-state index in [4.69, 9.17) is 17.3 Å². The van der Waals surface area contributed by atoms with Gasteiger partial charge >= 0.3 is 11.9 Å². The van der Waals surface area contributed by atoms with Gasteiger partial charge in [0, 0.05) is 31.1 Å².